The van der Waals surface area contributed by atoms with Crippen LogP contribution < -0.4 is 15.8 Å². The van der Waals surface area contributed by atoms with Gasteiger partial charge in [0.1, 0.15) is 23.3 Å². The van der Waals surface area contributed by atoms with Gasteiger partial charge in [-0.1, -0.05) is 13.3 Å². The number of nitrogens with two attached hydrogens (primary N) is 1. The number of aryl methyl sites for hydroxylation is 1. The van der Waals surface area contributed by atoms with Gasteiger partial charge in [-0.15, -0.1) is 0 Å². The van der Waals surface area contributed by atoms with Gasteiger partial charge in [0.05, 0.1) is 18.2 Å². The molecular weight excluding hydrogens is 537 g/mol. The van der Waals surface area contributed by atoms with E-state index >= 15 is 0 Å². The Morgan fingerprint density at radius 3 is 2.76 bits per heavy atom. The summed E-state index contributed by atoms with van der Waals surface area (Å²) in [6.45, 7) is 5.50. The molecule has 4 aromatic rings. The normalized spacial score (nSPS) is 16.7. The van der Waals surface area contributed by atoms with Crippen LogP contribution in [0.1, 0.15) is 91.7 Å². The number of halogens is 3. The first-order valence-electron chi connectivity index (χ1n) is 13.6. The largest absolute Gasteiger partial charge is 0.488 e. The zero-order valence-corrected chi connectivity index (χ0v) is 23.0. The van der Waals surface area contributed by atoms with Gasteiger partial charge in [0.2, 0.25) is 5.89 Å². The lowest BCUT2D eigenvalue weighted by Crippen LogP contribution is -2.32. The van der Waals surface area contributed by atoms with Crippen LogP contribution in [0, 0.1) is 0 Å². The maximum Gasteiger partial charge on any atom is 0.433 e. The molecule has 41 heavy (non-hydrogen) atoms. The zero-order valence-electron chi connectivity index (χ0n) is 23.0. The van der Waals surface area contributed by atoms with Gasteiger partial charge < -0.3 is 20.2 Å². The van der Waals surface area contributed by atoms with E-state index in [1.807, 2.05) is 13.8 Å². The Balaban J connectivity index is 1.55. The van der Waals surface area contributed by atoms with E-state index in [0.717, 1.165) is 43.0 Å². The molecule has 0 radical (unpaired) electrons. The molecule has 0 spiro atoms. The fraction of sp³-hybridized carbons (Fsp3) is 0.414. The highest BCUT2D eigenvalue weighted by atomic mass is 19.4. The third-order valence-electron chi connectivity index (χ3n) is 7.06. The Labute approximate surface area is 234 Å². The van der Waals surface area contributed by atoms with Gasteiger partial charge in [0, 0.05) is 28.4 Å². The third kappa shape index (κ3) is 5.88. The lowest BCUT2D eigenvalue weighted by atomic mass is 9.92. The molecule has 2 unspecified atom stereocenters. The lowest BCUT2D eigenvalue weighted by molar-refractivity contribution is -0.140. The highest BCUT2D eigenvalue weighted by Crippen LogP contribution is 2.38. The van der Waals surface area contributed by atoms with E-state index in [9.17, 15) is 18.0 Å². The molecule has 3 aromatic heterocycles. The van der Waals surface area contributed by atoms with Crippen molar-refractivity contribution in [1.29, 1.82) is 0 Å². The molecule has 0 bridgehead atoms. The molecule has 12 heteroatoms. The molecule has 0 saturated heterocycles. The molecule has 1 aliphatic rings. The molecular formula is C29H31F3N6O3. The number of nitrogens with zero attached hydrogens (tertiary/aromatic N) is 4. The van der Waals surface area contributed by atoms with E-state index in [2.05, 4.69) is 25.3 Å². The Bertz CT molecular complexity index is 1570. The number of hydrogen-bond donors (Lipinski definition) is 2. The van der Waals surface area contributed by atoms with Crippen molar-refractivity contribution < 1.29 is 27.1 Å². The summed E-state index contributed by atoms with van der Waals surface area (Å²) in [5.41, 5.74) is 7.22. The maximum absolute atomic E-state index is 13.6. The van der Waals surface area contributed by atoms with E-state index in [4.69, 9.17) is 14.9 Å². The van der Waals surface area contributed by atoms with Crippen LogP contribution >= 0.6 is 0 Å². The van der Waals surface area contributed by atoms with Crippen molar-refractivity contribution in [2.75, 3.05) is 0 Å². The molecule has 3 heterocycles. The van der Waals surface area contributed by atoms with Crippen LogP contribution in [-0.2, 0) is 12.6 Å². The first-order chi connectivity index (χ1) is 19.6. The van der Waals surface area contributed by atoms with Crippen LogP contribution in [-0.4, -0.2) is 31.9 Å². The van der Waals surface area contributed by atoms with Crippen molar-refractivity contribution in [3.8, 4) is 17.2 Å². The molecule has 3 N–H and O–H groups in total. The number of pyridine rings is 1. The van der Waals surface area contributed by atoms with Crippen LogP contribution in [0.3, 0.4) is 0 Å². The average Bonchev–Trinajstić information content (AvgIpc) is 3.39. The standard InChI is InChI=1S/C29H31F3N6O3/c1-4-6-15(2)40-22-11-9-18(17-10-12-23(29(30,31)32)37-24(17)22)28-38-25(26(41-28)16(3)33)27(39)36-21-8-5-7-20-19(21)13-34-14-35-20/h9-16,21H,4-8,33H2,1-3H3,(H,36,39)/t15?,16-,21?/m0/s1. The first-order valence-corrected chi connectivity index (χ1v) is 13.6. The summed E-state index contributed by atoms with van der Waals surface area (Å²) >= 11 is 0. The molecule has 5 rings (SSSR count). The quantitative estimate of drug-likeness (QED) is 0.261. The van der Waals surface area contributed by atoms with E-state index in [0.29, 0.717) is 17.4 Å². The Morgan fingerprint density at radius 2 is 2.02 bits per heavy atom. The van der Waals surface area contributed by atoms with E-state index in [1.165, 1.54) is 12.4 Å². The minimum absolute atomic E-state index is 0.00360. The second-order valence-electron chi connectivity index (χ2n) is 10.3. The predicted octanol–water partition coefficient (Wildman–Crippen LogP) is 6.09. The molecule has 0 aliphatic heterocycles. The number of oxazole rings is 1. The van der Waals surface area contributed by atoms with Crippen molar-refractivity contribution in [3.63, 3.8) is 0 Å². The average molecular weight is 569 g/mol. The predicted molar refractivity (Wildman–Crippen MR) is 145 cm³/mol. The minimum atomic E-state index is -4.64. The molecule has 0 saturated carbocycles. The smallest absolute Gasteiger partial charge is 0.433 e. The van der Waals surface area contributed by atoms with Crippen LogP contribution in [0.25, 0.3) is 22.4 Å². The van der Waals surface area contributed by atoms with Crippen molar-refractivity contribution in [2.45, 2.75) is 77.2 Å². The van der Waals surface area contributed by atoms with Crippen molar-refractivity contribution in [3.05, 3.63) is 65.2 Å². The van der Waals surface area contributed by atoms with E-state index in [-0.39, 0.29) is 40.8 Å². The number of benzene rings is 1. The monoisotopic (exact) mass is 568 g/mol. The van der Waals surface area contributed by atoms with Crippen LogP contribution in [0.15, 0.2) is 41.2 Å². The first kappa shape index (κ1) is 28.5. The second kappa shape index (κ2) is 11.4. The number of ether oxygens (including phenoxy) is 1. The second-order valence-corrected chi connectivity index (χ2v) is 10.3. The van der Waals surface area contributed by atoms with Crippen LogP contribution in [0.5, 0.6) is 5.75 Å². The van der Waals surface area contributed by atoms with Gasteiger partial charge in [-0.2, -0.15) is 13.2 Å². The number of carbonyl (C=O) groups is 1. The Morgan fingerprint density at radius 1 is 1.22 bits per heavy atom. The highest BCUT2D eigenvalue weighted by molar-refractivity contribution is 5.98. The summed E-state index contributed by atoms with van der Waals surface area (Å²) in [6.07, 6.45) is 2.24. The number of alkyl halides is 3. The summed E-state index contributed by atoms with van der Waals surface area (Å²) in [5, 5.41) is 3.34. The highest BCUT2D eigenvalue weighted by Gasteiger charge is 2.34. The van der Waals surface area contributed by atoms with Crippen molar-refractivity contribution >= 4 is 16.8 Å². The van der Waals surface area contributed by atoms with Crippen LogP contribution in [0.2, 0.25) is 0 Å². The topological polar surface area (TPSA) is 129 Å². The van der Waals surface area contributed by atoms with Gasteiger partial charge in [0.15, 0.2) is 11.5 Å². The summed E-state index contributed by atoms with van der Waals surface area (Å²) in [5.74, 6) is -0.0765. The molecule has 216 valence electrons. The molecule has 9 nitrogen and oxygen atoms in total. The number of rotatable bonds is 8. The van der Waals surface area contributed by atoms with E-state index < -0.39 is 23.8 Å². The Kier molecular flexibility index (Phi) is 7.94. The van der Waals surface area contributed by atoms with Gasteiger partial charge in [0.25, 0.3) is 5.91 Å². The SMILES string of the molecule is CCCC(C)Oc1ccc(-c2nc(C(=O)NC3CCCc4ncncc43)c([C@H](C)N)o2)c2ccc(C(F)(F)F)nc12. The Hall–Kier alpha value is -4.06. The molecule has 3 atom stereocenters. The number of nitrogens with one attached hydrogen (secondary N) is 1. The van der Waals surface area contributed by atoms with Gasteiger partial charge in [-0.25, -0.2) is 19.9 Å². The van der Waals surface area contributed by atoms with Gasteiger partial charge in [-0.05, 0) is 63.8 Å². The maximum atomic E-state index is 13.6. The summed E-state index contributed by atoms with van der Waals surface area (Å²) in [4.78, 5) is 30.3. The third-order valence-corrected chi connectivity index (χ3v) is 7.06. The molecule has 1 aromatic carbocycles. The fourth-order valence-electron chi connectivity index (χ4n) is 5.10. The molecule has 1 aliphatic carbocycles. The van der Waals surface area contributed by atoms with Gasteiger partial charge in [-0.3, -0.25) is 4.79 Å². The number of fused-ring (bicyclic) bond motifs is 2. The van der Waals surface area contributed by atoms with E-state index in [1.54, 1.807) is 25.3 Å². The summed E-state index contributed by atoms with van der Waals surface area (Å²) in [7, 11) is 0. The van der Waals surface area contributed by atoms with Gasteiger partial charge >= 0.3 is 6.18 Å². The molecule has 0 fully saturated rings. The summed E-state index contributed by atoms with van der Waals surface area (Å²) in [6, 6.07) is 4.41. The molecule has 1 amide bonds. The van der Waals surface area contributed by atoms with Crippen molar-refractivity contribution in [1.82, 2.24) is 25.3 Å². The minimum Gasteiger partial charge on any atom is -0.488 e. The lowest BCUT2D eigenvalue weighted by Gasteiger charge is -2.24. The number of hydrogen-bond acceptors (Lipinski definition) is 8. The van der Waals surface area contributed by atoms with Crippen molar-refractivity contribution in [2.24, 2.45) is 5.73 Å². The number of carbonyl (C=O) groups excluding carboxylic acids is 1. The zero-order chi connectivity index (χ0) is 29.3. The summed E-state index contributed by atoms with van der Waals surface area (Å²) < 4.78 is 52.7. The van der Waals surface area contributed by atoms with Crippen LogP contribution in [0.4, 0.5) is 13.2 Å². The number of amides is 1. The number of aromatic nitrogens is 4. The fourth-order valence-corrected chi connectivity index (χ4v) is 5.10.